The molecule has 1 amide bonds. The average Bonchev–Trinajstić information content (AvgIpc) is 3.32. The molecule has 1 saturated heterocycles. The predicted molar refractivity (Wildman–Crippen MR) is 132 cm³/mol. The van der Waals surface area contributed by atoms with Gasteiger partial charge in [0.1, 0.15) is 0 Å². The van der Waals surface area contributed by atoms with Crippen molar-refractivity contribution in [2.45, 2.75) is 39.5 Å². The number of aromatic nitrogens is 2. The summed E-state index contributed by atoms with van der Waals surface area (Å²) < 4.78 is 5.38. The fourth-order valence-electron chi connectivity index (χ4n) is 4.08. The zero-order chi connectivity index (χ0) is 23.2. The standard InChI is InChI=1S/C26H33N5O2/c1-4-30-15-17-31(18-16-30)23-8-6-5-7-22(23)27-24(32)13-14-25-28-26(29-33-25)21-11-9-20(10-12-21)19(2)3/h5-12,19H,4,13-18H2,1-3H3,(H,27,32). The van der Waals surface area contributed by atoms with E-state index in [0.717, 1.165) is 49.7 Å². The third kappa shape index (κ3) is 5.79. The first-order valence-electron chi connectivity index (χ1n) is 11.8. The number of para-hydroxylation sites is 2. The second-order valence-electron chi connectivity index (χ2n) is 8.78. The van der Waals surface area contributed by atoms with Crippen molar-refractivity contribution in [3.8, 4) is 11.4 Å². The van der Waals surface area contributed by atoms with E-state index >= 15 is 0 Å². The van der Waals surface area contributed by atoms with Crippen LogP contribution in [0.25, 0.3) is 11.4 Å². The van der Waals surface area contributed by atoms with Gasteiger partial charge in [0.25, 0.3) is 0 Å². The molecule has 0 saturated carbocycles. The number of likely N-dealkylation sites (N-methyl/N-ethyl adjacent to an activating group) is 1. The Morgan fingerprint density at radius 2 is 1.79 bits per heavy atom. The lowest BCUT2D eigenvalue weighted by atomic mass is 10.0. The molecule has 1 fully saturated rings. The van der Waals surface area contributed by atoms with Gasteiger partial charge in [-0.1, -0.05) is 62.3 Å². The monoisotopic (exact) mass is 447 g/mol. The normalized spacial score (nSPS) is 14.6. The van der Waals surface area contributed by atoms with Gasteiger partial charge in [0.2, 0.25) is 17.6 Å². The van der Waals surface area contributed by atoms with Crippen LogP contribution in [0, 0.1) is 0 Å². The van der Waals surface area contributed by atoms with E-state index in [0.29, 0.717) is 24.1 Å². The Morgan fingerprint density at radius 1 is 1.06 bits per heavy atom. The van der Waals surface area contributed by atoms with Gasteiger partial charge in [-0.3, -0.25) is 4.79 Å². The number of nitrogens with zero attached hydrogens (tertiary/aromatic N) is 4. The third-order valence-corrected chi connectivity index (χ3v) is 6.21. The summed E-state index contributed by atoms with van der Waals surface area (Å²) in [7, 11) is 0. The summed E-state index contributed by atoms with van der Waals surface area (Å²) in [6.07, 6.45) is 0.687. The fraction of sp³-hybridized carbons (Fsp3) is 0.423. The lowest BCUT2D eigenvalue weighted by Gasteiger charge is -2.36. The molecule has 2 aromatic carbocycles. The minimum Gasteiger partial charge on any atom is -0.367 e. The molecule has 2 heterocycles. The lowest BCUT2D eigenvalue weighted by Crippen LogP contribution is -2.46. The Balaban J connectivity index is 1.33. The van der Waals surface area contributed by atoms with E-state index in [9.17, 15) is 4.79 Å². The molecule has 0 bridgehead atoms. The number of hydrogen-bond acceptors (Lipinski definition) is 6. The van der Waals surface area contributed by atoms with Crippen molar-refractivity contribution < 1.29 is 9.32 Å². The smallest absolute Gasteiger partial charge is 0.227 e. The van der Waals surface area contributed by atoms with Crippen LogP contribution in [-0.2, 0) is 11.2 Å². The predicted octanol–water partition coefficient (Wildman–Crippen LogP) is 4.57. The Kier molecular flexibility index (Phi) is 7.40. The summed E-state index contributed by atoms with van der Waals surface area (Å²) in [6.45, 7) is 11.6. The van der Waals surface area contributed by atoms with Crippen molar-refractivity contribution in [2.75, 3.05) is 42.9 Å². The number of amides is 1. The summed E-state index contributed by atoms with van der Waals surface area (Å²) in [4.78, 5) is 21.9. The number of rotatable bonds is 8. The molecule has 0 radical (unpaired) electrons. The second-order valence-corrected chi connectivity index (χ2v) is 8.78. The van der Waals surface area contributed by atoms with Crippen LogP contribution in [0.1, 0.15) is 44.6 Å². The van der Waals surface area contributed by atoms with Gasteiger partial charge < -0.3 is 19.6 Å². The van der Waals surface area contributed by atoms with Gasteiger partial charge in [-0.15, -0.1) is 0 Å². The number of carbonyl (C=O) groups is 1. The summed E-state index contributed by atoms with van der Waals surface area (Å²) in [6, 6.07) is 16.2. The molecule has 7 nitrogen and oxygen atoms in total. The largest absolute Gasteiger partial charge is 0.367 e. The molecule has 0 spiro atoms. The van der Waals surface area contributed by atoms with Crippen LogP contribution in [0.4, 0.5) is 11.4 Å². The first-order chi connectivity index (χ1) is 16.0. The van der Waals surface area contributed by atoms with Crippen LogP contribution in [0.3, 0.4) is 0 Å². The number of nitrogens with one attached hydrogen (secondary N) is 1. The van der Waals surface area contributed by atoms with Crippen molar-refractivity contribution in [2.24, 2.45) is 0 Å². The number of hydrogen-bond donors (Lipinski definition) is 1. The van der Waals surface area contributed by atoms with Gasteiger partial charge in [0.15, 0.2) is 0 Å². The van der Waals surface area contributed by atoms with Crippen molar-refractivity contribution in [3.63, 3.8) is 0 Å². The van der Waals surface area contributed by atoms with E-state index in [1.54, 1.807) is 0 Å². The Bertz CT molecular complexity index is 1050. The topological polar surface area (TPSA) is 74.5 Å². The highest BCUT2D eigenvalue weighted by molar-refractivity contribution is 5.94. The zero-order valence-corrected chi connectivity index (χ0v) is 19.8. The second kappa shape index (κ2) is 10.6. The Hall–Kier alpha value is -3.19. The van der Waals surface area contributed by atoms with Crippen LogP contribution in [0.15, 0.2) is 53.1 Å². The summed E-state index contributed by atoms with van der Waals surface area (Å²) in [5, 5.41) is 7.16. The summed E-state index contributed by atoms with van der Waals surface area (Å²) >= 11 is 0. The van der Waals surface area contributed by atoms with E-state index in [4.69, 9.17) is 4.52 Å². The maximum Gasteiger partial charge on any atom is 0.227 e. The molecule has 0 atom stereocenters. The SMILES string of the molecule is CCN1CCN(c2ccccc2NC(=O)CCc2nc(-c3ccc(C(C)C)cc3)no2)CC1. The molecule has 0 unspecified atom stereocenters. The van der Waals surface area contributed by atoms with Crippen LogP contribution < -0.4 is 10.2 Å². The maximum absolute atomic E-state index is 12.7. The lowest BCUT2D eigenvalue weighted by molar-refractivity contribution is -0.116. The van der Waals surface area contributed by atoms with Gasteiger partial charge >= 0.3 is 0 Å². The van der Waals surface area contributed by atoms with E-state index in [2.05, 4.69) is 64.2 Å². The van der Waals surface area contributed by atoms with Crippen LogP contribution in [-0.4, -0.2) is 53.7 Å². The number of piperazine rings is 1. The number of benzene rings is 2. The molecular weight excluding hydrogens is 414 g/mol. The average molecular weight is 448 g/mol. The van der Waals surface area contributed by atoms with Gasteiger partial charge in [0.05, 0.1) is 11.4 Å². The molecule has 33 heavy (non-hydrogen) atoms. The highest BCUT2D eigenvalue weighted by Gasteiger charge is 2.19. The van der Waals surface area contributed by atoms with Gasteiger partial charge in [-0.25, -0.2) is 0 Å². The maximum atomic E-state index is 12.7. The Labute approximate surface area is 195 Å². The fourth-order valence-corrected chi connectivity index (χ4v) is 4.08. The first-order valence-corrected chi connectivity index (χ1v) is 11.8. The minimum atomic E-state index is -0.0596. The molecule has 1 N–H and O–H groups in total. The van der Waals surface area contributed by atoms with Gasteiger partial charge in [0, 0.05) is 44.6 Å². The molecule has 1 aliphatic heterocycles. The number of carbonyl (C=O) groups excluding carboxylic acids is 1. The van der Waals surface area contributed by atoms with Crippen molar-refractivity contribution in [1.82, 2.24) is 15.0 Å². The van der Waals surface area contributed by atoms with Crippen LogP contribution >= 0.6 is 0 Å². The van der Waals surface area contributed by atoms with Gasteiger partial charge in [-0.2, -0.15) is 4.98 Å². The number of anilines is 2. The van der Waals surface area contributed by atoms with E-state index in [1.807, 2.05) is 30.3 Å². The summed E-state index contributed by atoms with van der Waals surface area (Å²) in [5.74, 6) is 1.44. The molecule has 7 heteroatoms. The Morgan fingerprint density at radius 3 is 2.48 bits per heavy atom. The minimum absolute atomic E-state index is 0.0596. The highest BCUT2D eigenvalue weighted by atomic mass is 16.5. The molecule has 0 aliphatic carbocycles. The van der Waals surface area contributed by atoms with E-state index < -0.39 is 0 Å². The van der Waals surface area contributed by atoms with Gasteiger partial charge in [-0.05, 0) is 30.2 Å². The van der Waals surface area contributed by atoms with Crippen molar-refractivity contribution in [3.05, 3.63) is 60.0 Å². The van der Waals surface area contributed by atoms with E-state index in [1.165, 1.54) is 5.56 Å². The van der Waals surface area contributed by atoms with Crippen LogP contribution in [0.5, 0.6) is 0 Å². The van der Waals surface area contributed by atoms with Crippen molar-refractivity contribution in [1.29, 1.82) is 0 Å². The molecule has 1 aromatic heterocycles. The molecular formula is C26H33N5O2. The summed E-state index contributed by atoms with van der Waals surface area (Å²) in [5.41, 5.74) is 4.11. The van der Waals surface area contributed by atoms with Crippen molar-refractivity contribution >= 4 is 17.3 Å². The third-order valence-electron chi connectivity index (χ3n) is 6.21. The van der Waals surface area contributed by atoms with E-state index in [-0.39, 0.29) is 12.3 Å². The zero-order valence-electron chi connectivity index (χ0n) is 19.8. The molecule has 1 aliphatic rings. The molecule has 4 rings (SSSR count). The quantitative estimate of drug-likeness (QED) is 0.545. The molecule has 3 aromatic rings. The molecule has 174 valence electrons. The number of aryl methyl sites for hydroxylation is 1. The van der Waals surface area contributed by atoms with Crippen LogP contribution in [0.2, 0.25) is 0 Å². The first kappa shape index (κ1) is 23.0. The highest BCUT2D eigenvalue weighted by Crippen LogP contribution is 2.27.